The summed E-state index contributed by atoms with van der Waals surface area (Å²) in [5.74, 6) is -7.11. The van der Waals surface area contributed by atoms with E-state index in [1.54, 1.807) is 19.1 Å². The molecule has 0 saturated heterocycles. The molecule has 1 saturated carbocycles. The van der Waals surface area contributed by atoms with Crippen LogP contribution in [-0.4, -0.2) is 85.2 Å². The summed E-state index contributed by atoms with van der Waals surface area (Å²) in [5.41, 5.74) is 2.05. The smallest absolute Gasteiger partial charge is 0.255 e. The number of ketones is 1. The van der Waals surface area contributed by atoms with Crippen molar-refractivity contribution >= 4 is 17.4 Å². The number of carbonyl (C=O) groups excluding carboxylic acids is 2. The van der Waals surface area contributed by atoms with Crippen molar-refractivity contribution in [2.75, 3.05) is 14.1 Å². The molecule has 8 N–H and O–H groups in total. The van der Waals surface area contributed by atoms with Crippen LogP contribution in [0.5, 0.6) is 5.75 Å². The van der Waals surface area contributed by atoms with E-state index in [1.165, 1.54) is 25.1 Å². The third-order valence-electron chi connectivity index (χ3n) is 7.20. The second kappa shape index (κ2) is 7.04. The molecule has 0 aliphatic heterocycles. The minimum atomic E-state index is -2.70. The fourth-order valence-electron chi connectivity index (χ4n) is 5.79. The number of amides is 1. The zero-order valence-electron chi connectivity index (χ0n) is 17.7. The monoisotopic (exact) mass is 446 g/mol. The van der Waals surface area contributed by atoms with E-state index in [2.05, 4.69) is 0 Å². The zero-order chi connectivity index (χ0) is 23.9. The molecular weight excluding hydrogens is 420 g/mol. The molecule has 10 nitrogen and oxygen atoms in total. The Hall–Kier alpha value is -2.92. The predicted molar refractivity (Wildman–Crippen MR) is 111 cm³/mol. The highest BCUT2D eigenvalue weighted by atomic mass is 16.4. The highest BCUT2D eigenvalue weighted by Gasteiger charge is 2.67. The molecule has 7 atom stereocenters. The summed E-state index contributed by atoms with van der Waals surface area (Å²) < 4.78 is 0. The fourth-order valence-corrected chi connectivity index (χ4v) is 5.79. The molecule has 1 amide bonds. The second-order valence-corrected chi connectivity index (χ2v) is 8.96. The highest BCUT2D eigenvalue weighted by Crippen LogP contribution is 2.57. The molecule has 4 rings (SSSR count). The number of nitrogens with zero attached hydrogens (tertiary/aromatic N) is 1. The maximum absolute atomic E-state index is 13.1. The van der Waals surface area contributed by atoms with Gasteiger partial charge >= 0.3 is 0 Å². The number of Topliss-reactive ketones (excluding diaryl/α,β-unsaturated/α-hetero) is 1. The van der Waals surface area contributed by atoms with Crippen LogP contribution in [0.1, 0.15) is 24.0 Å². The lowest BCUT2D eigenvalue weighted by atomic mass is 9.53. The number of hydrogen-bond donors (Lipinski definition) is 7. The summed E-state index contributed by atoms with van der Waals surface area (Å²) in [4.78, 5) is 26.4. The van der Waals surface area contributed by atoms with E-state index >= 15 is 0 Å². The topological polar surface area (TPSA) is 185 Å². The van der Waals surface area contributed by atoms with E-state index in [4.69, 9.17) is 5.73 Å². The Morgan fingerprint density at radius 2 is 1.78 bits per heavy atom. The summed E-state index contributed by atoms with van der Waals surface area (Å²) in [6.45, 7) is 1.72. The predicted octanol–water partition coefficient (Wildman–Crippen LogP) is -0.712. The summed E-state index contributed by atoms with van der Waals surface area (Å²) in [7, 11) is 2.98. The summed E-state index contributed by atoms with van der Waals surface area (Å²) in [6, 6.07) is 3.27. The van der Waals surface area contributed by atoms with Crippen LogP contribution in [-0.2, 0) is 9.59 Å². The van der Waals surface area contributed by atoms with Gasteiger partial charge in [-0.1, -0.05) is 19.1 Å². The van der Waals surface area contributed by atoms with E-state index in [9.17, 15) is 40.2 Å². The van der Waals surface area contributed by atoms with Gasteiger partial charge in [0, 0.05) is 17.4 Å². The largest absolute Gasteiger partial charge is 0.508 e. The lowest BCUT2D eigenvalue weighted by Gasteiger charge is -2.57. The molecule has 172 valence electrons. The maximum Gasteiger partial charge on any atom is 0.255 e. The van der Waals surface area contributed by atoms with Crippen molar-refractivity contribution in [1.82, 2.24) is 4.90 Å². The molecule has 1 aromatic carbocycles. The average molecular weight is 446 g/mol. The van der Waals surface area contributed by atoms with Gasteiger partial charge in [0.15, 0.2) is 11.4 Å². The molecule has 1 fully saturated rings. The highest BCUT2D eigenvalue weighted by molar-refractivity contribution is 6.22. The third-order valence-corrected chi connectivity index (χ3v) is 7.20. The molecule has 10 heteroatoms. The minimum Gasteiger partial charge on any atom is -0.508 e. The van der Waals surface area contributed by atoms with Crippen molar-refractivity contribution in [2.24, 2.45) is 17.6 Å². The number of benzene rings is 1. The van der Waals surface area contributed by atoms with Crippen LogP contribution >= 0.6 is 0 Å². The van der Waals surface area contributed by atoms with E-state index in [1.807, 2.05) is 0 Å². The lowest BCUT2D eigenvalue weighted by molar-refractivity contribution is -0.187. The molecule has 1 aromatic rings. The van der Waals surface area contributed by atoms with Crippen molar-refractivity contribution in [3.63, 3.8) is 0 Å². The first-order valence-corrected chi connectivity index (χ1v) is 10.1. The molecule has 0 bridgehead atoms. The lowest BCUT2D eigenvalue weighted by Crippen LogP contribution is -2.71. The van der Waals surface area contributed by atoms with Gasteiger partial charge in [0.25, 0.3) is 5.91 Å². The minimum absolute atomic E-state index is 0.0363. The van der Waals surface area contributed by atoms with Crippen LogP contribution in [0.4, 0.5) is 0 Å². The van der Waals surface area contributed by atoms with Gasteiger partial charge in [0.05, 0.1) is 17.7 Å². The molecule has 0 heterocycles. The summed E-state index contributed by atoms with van der Waals surface area (Å²) in [6.07, 6.45) is -3.54. The Labute approximate surface area is 183 Å². The maximum atomic E-state index is 13.1. The zero-order valence-corrected chi connectivity index (χ0v) is 17.7. The molecule has 3 aliphatic rings. The number of phenols is 1. The van der Waals surface area contributed by atoms with Gasteiger partial charge < -0.3 is 36.4 Å². The Bertz CT molecular complexity index is 1090. The van der Waals surface area contributed by atoms with Gasteiger partial charge in [-0.2, -0.15) is 0 Å². The quantitative estimate of drug-likeness (QED) is 0.288. The number of phenolic OH excluding ortho intramolecular Hbond substituents is 1. The number of likely N-dealkylation sites (N-methyl/N-ethyl adjacent to an activating group) is 1. The number of nitrogens with two attached hydrogens (primary N) is 1. The van der Waals surface area contributed by atoms with Gasteiger partial charge in [-0.25, -0.2) is 0 Å². The van der Waals surface area contributed by atoms with Gasteiger partial charge in [0.2, 0.25) is 0 Å². The Kier molecular flexibility index (Phi) is 4.90. The van der Waals surface area contributed by atoms with Gasteiger partial charge in [-0.05, 0) is 31.6 Å². The number of carbonyl (C=O) groups is 2. The number of aliphatic hydroxyl groups is 5. The van der Waals surface area contributed by atoms with Crippen molar-refractivity contribution in [3.05, 3.63) is 46.2 Å². The number of rotatable bonds is 2. The molecule has 0 spiro atoms. The van der Waals surface area contributed by atoms with E-state index in [-0.39, 0.29) is 16.9 Å². The average Bonchev–Trinajstić information content (AvgIpc) is 2.70. The van der Waals surface area contributed by atoms with Gasteiger partial charge in [-0.3, -0.25) is 14.5 Å². The number of primary amides is 1. The van der Waals surface area contributed by atoms with Crippen LogP contribution in [0.25, 0.3) is 5.76 Å². The van der Waals surface area contributed by atoms with Gasteiger partial charge in [-0.15, -0.1) is 0 Å². The van der Waals surface area contributed by atoms with E-state index in [0.29, 0.717) is 5.56 Å². The number of fused-ring (bicyclic) bond motifs is 3. The van der Waals surface area contributed by atoms with Crippen molar-refractivity contribution in [2.45, 2.75) is 36.7 Å². The Balaban J connectivity index is 2.05. The third kappa shape index (κ3) is 2.54. The van der Waals surface area contributed by atoms with Crippen molar-refractivity contribution in [3.8, 4) is 5.75 Å². The van der Waals surface area contributed by atoms with Crippen LogP contribution < -0.4 is 5.73 Å². The molecule has 1 unspecified atom stereocenters. The fraction of sp³-hybridized carbons (Fsp3) is 0.455. The van der Waals surface area contributed by atoms with Crippen LogP contribution in [0.3, 0.4) is 0 Å². The number of aromatic hydroxyl groups is 1. The van der Waals surface area contributed by atoms with Crippen LogP contribution in [0, 0.1) is 11.8 Å². The Morgan fingerprint density at radius 3 is 2.34 bits per heavy atom. The van der Waals surface area contributed by atoms with Crippen LogP contribution in [0.2, 0.25) is 0 Å². The molecule has 3 aliphatic carbocycles. The Morgan fingerprint density at radius 1 is 1.16 bits per heavy atom. The van der Waals surface area contributed by atoms with E-state index < -0.39 is 70.4 Å². The number of aliphatic hydroxyl groups excluding tert-OH is 4. The van der Waals surface area contributed by atoms with Crippen molar-refractivity contribution < 1.29 is 40.2 Å². The standard InChI is InChI=1S/C22H26N2O8/c1-7-8-5-4-6-9(25)11(8)16(26)12-10(7)17(27)14-15(24(2)3)18(28)13(21(23)31)20(30)22(14,32)19(12)29/h4-7,10,14-15,17,19,25-27,29-30,32H,1-3H3,(H2,23,31)/t7-,10+,14+,15-,17-,19?,22-/m0/s1. The van der Waals surface area contributed by atoms with Crippen molar-refractivity contribution in [1.29, 1.82) is 0 Å². The summed E-state index contributed by atoms with van der Waals surface area (Å²) in [5, 5.41) is 66.5. The SMILES string of the molecule is C[C@H]1c2cccc(O)c2C(O)=C2C(O)[C@]3(O)C(O)=C(C(N)=O)C(=O)[C@@H](N(C)C)[C@@H]3[C@@H](O)[C@@H]21. The summed E-state index contributed by atoms with van der Waals surface area (Å²) >= 11 is 0. The molecule has 0 radical (unpaired) electrons. The second-order valence-electron chi connectivity index (χ2n) is 8.96. The number of hydrogen-bond acceptors (Lipinski definition) is 9. The first-order chi connectivity index (χ1) is 14.9. The molecule has 0 aromatic heterocycles. The van der Waals surface area contributed by atoms with Crippen LogP contribution in [0.15, 0.2) is 35.1 Å². The molecule has 32 heavy (non-hydrogen) atoms. The normalized spacial score (nSPS) is 36.7. The van der Waals surface area contributed by atoms with Gasteiger partial charge in [0.1, 0.15) is 28.9 Å². The first-order valence-electron chi connectivity index (χ1n) is 10.1. The first kappa shape index (κ1) is 22.3. The molecular formula is C22H26N2O8. The van der Waals surface area contributed by atoms with E-state index in [0.717, 1.165) is 0 Å².